The molecule has 1 aromatic rings. The van der Waals surface area contributed by atoms with E-state index < -0.39 is 0 Å². The summed E-state index contributed by atoms with van der Waals surface area (Å²) >= 11 is 0. The zero-order valence-corrected chi connectivity index (χ0v) is 11.0. The van der Waals surface area contributed by atoms with Gasteiger partial charge in [0.25, 0.3) is 5.91 Å². The largest absolute Gasteiger partial charge is 0.497 e. The Labute approximate surface area is 108 Å². The Bertz CT molecular complexity index is 414. The average molecular weight is 248 g/mol. The van der Waals surface area contributed by atoms with Crippen molar-refractivity contribution in [1.29, 1.82) is 0 Å². The fraction of sp³-hybridized carbons (Fsp3) is 0.500. The van der Waals surface area contributed by atoms with E-state index in [-0.39, 0.29) is 11.9 Å². The number of hydrogen-bond donors (Lipinski definition) is 1. The first-order chi connectivity index (χ1) is 8.72. The first kappa shape index (κ1) is 12.9. The minimum atomic E-state index is 0.0580. The number of nitrogens with one attached hydrogen (secondary N) is 1. The minimum Gasteiger partial charge on any atom is -0.497 e. The van der Waals surface area contributed by atoms with Crippen molar-refractivity contribution in [1.82, 2.24) is 10.2 Å². The molecule has 0 saturated carbocycles. The highest BCUT2D eigenvalue weighted by molar-refractivity contribution is 5.94. The number of ether oxygens (including phenoxy) is 1. The van der Waals surface area contributed by atoms with E-state index in [4.69, 9.17) is 4.74 Å². The van der Waals surface area contributed by atoms with E-state index in [0.29, 0.717) is 5.56 Å². The van der Waals surface area contributed by atoms with Crippen LogP contribution in [0.4, 0.5) is 0 Å². The van der Waals surface area contributed by atoms with Crippen LogP contribution in [0.15, 0.2) is 24.3 Å². The first-order valence-corrected chi connectivity index (χ1v) is 6.34. The maximum Gasteiger partial charge on any atom is 0.254 e. The van der Waals surface area contributed by atoms with Crippen LogP contribution in [0.25, 0.3) is 0 Å². The minimum absolute atomic E-state index is 0.0580. The predicted octanol–water partition coefficient (Wildman–Crippen LogP) is 1.52. The number of methoxy groups -OCH3 is 1. The van der Waals surface area contributed by atoms with Crippen LogP contribution in [0.5, 0.6) is 5.75 Å². The third kappa shape index (κ3) is 2.82. The lowest BCUT2D eigenvalue weighted by Gasteiger charge is -2.31. The molecule has 1 amide bonds. The highest BCUT2D eigenvalue weighted by atomic mass is 16.5. The molecule has 0 unspecified atom stereocenters. The number of carbonyl (C=O) groups is 1. The lowest BCUT2D eigenvalue weighted by molar-refractivity contribution is 0.0708. The molecule has 1 N–H and O–H groups in total. The second kappa shape index (κ2) is 5.87. The Kier molecular flexibility index (Phi) is 4.20. The van der Waals surface area contributed by atoms with E-state index in [1.807, 2.05) is 30.1 Å². The van der Waals surface area contributed by atoms with Crippen molar-refractivity contribution >= 4 is 5.91 Å². The fourth-order valence-corrected chi connectivity index (χ4v) is 2.29. The Morgan fingerprint density at radius 1 is 1.50 bits per heavy atom. The molecule has 0 radical (unpaired) electrons. The summed E-state index contributed by atoms with van der Waals surface area (Å²) in [6, 6.07) is 7.60. The summed E-state index contributed by atoms with van der Waals surface area (Å²) in [5, 5.41) is 3.33. The van der Waals surface area contributed by atoms with Gasteiger partial charge >= 0.3 is 0 Å². The Balaban J connectivity index is 2.09. The van der Waals surface area contributed by atoms with Crippen molar-refractivity contribution in [2.75, 3.05) is 27.2 Å². The molecule has 98 valence electrons. The zero-order chi connectivity index (χ0) is 13.0. The van der Waals surface area contributed by atoms with E-state index in [1.54, 1.807) is 13.2 Å². The number of nitrogens with zero attached hydrogens (tertiary/aromatic N) is 1. The molecule has 4 nitrogen and oxygen atoms in total. The third-order valence-electron chi connectivity index (χ3n) is 3.46. The molecule has 0 bridgehead atoms. The van der Waals surface area contributed by atoms with Gasteiger partial charge < -0.3 is 15.0 Å². The lowest BCUT2D eigenvalue weighted by atomic mass is 10.1. The Morgan fingerprint density at radius 2 is 2.33 bits per heavy atom. The lowest BCUT2D eigenvalue weighted by Crippen LogP contribution is -2.46. The van der Waals surface area contributed by atoms with E-state index in [0.717, 1.165) is 31.7 Å². The van der Waals surface area contributed by atoms with Crippen molar-refractivity contribution < 1.29 is 9.53 Å². The van der Waals surface area contributed by atoms with Gasteiger partial charge in [-0.1, -0.05) is 6.07 Å². The number of amides is 1. The molecular weight excluding hydrogens is 228 g/mol. The van der Waals surface area contributed by atoms with Crippen molar-refractivity contribution in [3.8, 4) is 5.75 Å². The van der Waals surface area contributed by atoms with E-state index in [1.165, 1.54) is 0 Å². The van der Waals surface area contributed by atoms with Crippen molar-refractivity contribution in [2.24, 2.45) is 0 Å². The van der Waals surface area contributed by atoms with Crippen LogP contribution >= 0.6 is 0 Å². The topological polar surface area (TPSA) is 41.6 Å². The third-order valence-corrected chi connectivity index (χ3v) is 3.46. The van der Waals surface area contributed by atoms with Gasteiger partial charge in [-0.15, -0.1) is 0 Å². The predicted molar refractivity (Wildman–Crippen MR) is 71.0 cm³/mol. The molecule has 0 spiro atoms. The van der Waals surface area contributed by atoms with Crippen LogP contribution in [-0.4, -0.2) is 44.1 Å². The van der Waals surface area contributed by atoms with Gasteiger partial charge in [0.2, 0.25) is 0 Å². The molecule has 1 fully saturated rings. The Morgan fingerprint density at radius 3 is 3.00 bits per heavy atom. The summed E-state index contributed by atoms with van der Waals surface area (Å²) in [4.78, 5) is 14.2. The van der Waals surface area contributed by atoms with Crippen LogP contribution in [0.1, 0.15) is 23.2 Å². The highest BCUT2D eigenvalue weighted by Crippen LogP contribution is 2.16. The normalized spacial score (nSPS) is 19.3. The van der Waals surface area contributed by atoms with Gasteiger partial charge in [0.1, 0.15) is 5.75 Å². The number of hydrogen-bond acceptors (Lipinski definition) is 3. The molecular formula is C14H20N2O2. The van der Waals surface area contributed by atoms with Gasteiger partial charge in [-0.25, -0.2) is 0 Å². The quantitative estimate of drug-likeness (QED) is 0.881. The monoisotopic (exact) mass is 248 g/mol. The van der Waals surface area contributed by atoms with Gasteiger partial charge in [0.05, 0.1) is 7.11 Å². The molecule has 0 aliphatic carbocycles. The Hall–Kier alpha value is -1.55. The van der Waals surface area contributed by atoms with E-state index >= 15 is 0 Å². The van der Waals surface area contributed by atoms with Gasteiger partial charge in [-0.3, -0.25) is 4.79 Å². The summed E-state index contributed by atoms with van der Waals surface area (Å²) in [5.41, 5.74) is 0.683. The number of benzene rings is 1. The van der Waals surface area contributed by atoms with Crippen LogP contribution < -0.4 is 10.1 Å². The molecule has 1 aliphatic heterocycles. The van der Waals surface area contributed by atoms with Crippen molar-refractivity contribution in [3.63, 3.8) is 0 Å². The van der Waals surface area contributed by atoms with Crippen LogP contribution in [0.2, 0.25) is 0 Å². The molecule has 2 rings (SSSR count). The van der Waals surface area contributed by atoms with Crippen LogP contribution in [0, 0.1) is 0 Å². The average Bonchev–Trinajstić information content (AvgIpc) is 2.46. The summed E-state index contributed by atoms with van der Waals surface area (Å²) in [7, 11) is 3.48. The highest BCUT2D eigenvalue weighted by Gasteiger charge is 2.22. The SMILES string of the molecule is COc1cccc(C(=O)N(C)[C@H]2CCCNC2)c1. The van der Waals surface area contributed by atoms with Gasteiger partial charge in [0, 0.05) is 25.2 Å². The maximum absolute atomic E-state index is 12.4. The standard InChI is InChI=1S/C14H20N2O2/c1-16(12-6-4-8-15-10-12)14(17)11-5-3-7-13(9-11)18-2/h3,5,7,9,12,15H,4,6,8,10H2,1-2H3/t12-/m0/s1. The number of carbonyl (C=O) groups excluding carboxylic acids is 1. The van der Waals surface area contributed by atoms with Crippen molar-refractivity contribution in [3.05, 3.63) is 29.8 Å². The molecule has 1 atom stereocenters. The summed E-state index contributed by atoms with van der Waals surface area (Å²) in [5.74, 6) is 0.776. The van der Waals surface area contributed by atoms with Gasteiger partial charge in [-0.2, -0.15) is 0 Å². The van der Waals surface area contributed by atoms with Gasteiger partial charge in [-0.05, 0) is 37.6 Å². The smallest absolute Gasteiger partial charge is 0.254 e. The fourth-order valence-electron chi connectivity index (χ4n) is 2.29. The van der Waals surface area contributed by atoms with Gasteiger partial charge in [0.15, 0.2) is 0 Å². The summed E-state index contributed by atoms with van der Waals surface area (Å²) in [6.07, 6.45) is 2.19. The molecule has 1 heterocycles. The number of piperidine rings is 1. The maximum atomic E-state index is 12.4. The summed E-state index contributed by atoms with van der Waals surface area (Å²) in [6.45, 7) is 1.93. The zero-order valence-electron chi connectivity index (χ0n) is 11.0. The van der Waals surface area contributed by atoms with Crippen LogP contribution in [0.3, 0.4) is 0 Å². The first-order valence-electron chi connectivity index (χ1n) is 6.34. The van der Waals surface area contributed by atoms with Crippen LogP contribution in [-0.2, 0) is 0 Å². The molecule has 18 heavy (non-hydrogen) atoms. The van der Waals surface area contributed by atoms with E-state index in [9.17, 15) is 4.79 Å². The summed E-state index contributed by atoms with van der Waals surface area (Å²) < 4.78 is 5.15. The molecule has 1 aromatic carbocycles. The second-order valence-corrected chi connectivity index (χ2v) is 4.65. The number of rotatable bonds is 3. The molecule has 1 saturated heterocycles. The second-order valence-electron chi connectivity index (χ2n) is 4.65. The van der Waals surface area contributed by atoms with Crippen molar-refractivity contribution in [2.45, 2.75) is 18.9 Å². The molecule has 4 heteroatoms. The molecule has 1 aliphatic rings. The number of likely N-dealkylation sites (N-methyl/N-ethyl adjacent to an activating group) is 1. The molecule has 0 aromatic heterocycles. The van der Waals surface area contributed by atoms with E-state index in [2.05, 4.69) is 5.32 Å².